The van der Waals surface area contributed by atoms with Crippen molar-refractivity contribution >= 4 is 17.7 Å². The maximum absolute atomic E-state index is 11.0. The van der Waals surface area contributed by atoms with Crippen LogP contribution in [-0.2, 0) is 4.79 Å². The van der Waals surface area contributed by atoms with Crippen molar-refractivity contribution < 1.29 is 4.79 Å². The standard InChI is InChI=1S/C10H15NOS/c1-2-3-10(12)11-8-9-4-6-13-7-5-9/h9H,4-8H2,1H3,(H,11,12). The minimum atomic E-state index is -0.138. The van der Waals surface area contributed by atoms with Gasteiger partial charge in [-0.25, -0.2) is 0 Å². The summed E-state index contributed by atoms with van der Waals surface area (Å²) in [6.45, 7) is 2.48. The lowest BCUT2D eigenvalue weighted by atomic mass is 10.0. The first-order valence-corrected chi connectivity index (χ1v) is 5.76. The zero-order chi connectivity index (χ0) is 9.52. The van der Waals surface area contributed by atoms with Gasteiger partial charge in [0.2, 0.25) is 0 Å². The van der Waals surface area contributed by atoms with Crippen molar-refractivity contribution in [3.63, 3.8) is 0 Å². The minimum Gasteiger partial charge on any atom is -0.345 e. The lowest BCUT2D eigenvalue weighted by Gasteiger charge is -2.20. The summed E-state index contributed by atoms with van der Waals surface area (Å²) in [5.41, 5.74) is 0. The number of carbonyl (C=O) groups is 1. The molecule has 13 heavy (non-hydrogen) atoms. The number of hydrogen-bond donors (Lipinski definition) is 1. The van der Waals surface area contributed by atoms with E-state index in [1.807, 2.05) is 11.8 Å². The average molecular weight is 197 g/mol. The van der Waals surface area contributed by atoms with Gasteiger partial charge in [0.05, 0.1) is 0 Å². The fraction of sp³-hybridized carbons (Fsp3) is 0.700. The molecular formula is C10H15NOS. The van der Waals surface area contributed by atoms with Crippen LogP contribution in [0, 0.1) is 17.8 Å². The molecule has 1 aliphatic rings. The van der Waals surface area contributed by atoms with E-state index >= 15 is 0 Å². The first-order chi connectivity index (χ1) is 6.33. The SMILES string of the molecule is CC#CC(=O)NCC1CCSCC1. The number of carbonyl (C=O) groups excluding carboxylic acids is 1. The van der Waals surface area contributed by atoms with Gasteiger partial charge in [-0.2, -0.15) is 11.8 Å². The summed E-state index contributed by atoms with van der Waals surface area (Å²) in [5, 5.41) is 2.83. The normalized spacial score (nSPS) is 17.3. The number of nitrogens with one attached hydrogen (secondary N) is 1. The summed E-state index contributed by atoms with van der Waals surface area (Å²) in [6.07, 6.45) is 2.45. The van der Waals surface area contributed by atoms with E-state index in [1.165, 1.54) is 24.3 Å². The minimum absolute atomic E-state index is 0.138. The topological polar surface area (TPSA) is 29.1 Å². The molecule has 1 N–H and O–H groups in total. The zero-order valence-corrected chi connectivity index (χ0v) is 8.75. The Hall–Kier alpha value is -0.620. The molecule has 72 valence electrons. The molecule has 0 saturated carbocycles. The van der Waals surface area contributed by atoms with Gasteiger partial charge in [0, 0.05) is 6.54 Å². The van der Waals surface area contributed by atoms with Gasteiger partial charge in [-0.05, 0) is 43.1 Å². The van der Waals surface area contributed by atoms with Crippen LogP contribution in [0.3, 0.4) is 0 Å². The molecule has 0 bridgehead atoms. The fourth-order valence-corrected chi connectivity index (χ4v) is 2.55. The summed E-state index contributed by atoms with van der Waals surface area (Å²) < 4.78 is 0. The van der Waals surface area contributed by atoms with E-state index in [-0.39, 0.29) is 5.91 Å². The molecule has 3 heteroatoms. The summed E-state index contributed by atoms with van der Waals surface area (Å²) in [6, 6.07) is 0. The van der Waals surface area contributed by atoms with Gasteiger partial charge in [0.15, 0.2) is 0 Å². The molecule has 0 radical (unpaired) electrons. The second kappa shape index (κ2) is 5.93. The van der Waals surface area contributed by atoms with Gasteiger partial charge in [-0.3, -0.25) is 4.79 Å². The van der Waals surface area contributed by atoms with Gasteiger partial charge in [-0.15, -0.1) is 0 Å². The molecule has 0 aliphatic carbocycles. The Balaban J connectivity index is 2.16. The largest absolute Gasteiger partial charge is 0.345 e. The second-order valence-electron chi connectivity index (χ2n) is 3.14. The molecule has 0 aromatic heterocycles. The van der Waals surface area contributed by atoms with Crippen molar-refractivity contribution in [1.82, 2.24) is 5.32 Å². The number of hydrogen-bond acceptors (Lipinski definition) is 2. The predicted molar refractivity (Wildman–Crippen MR) is 56.5 cm³/mol. The number of thioether (sulfide) groups is 1. The molecule has 1 rings (SSSR count). The maximum atomic E-state index is 11.0. The lowest BCUT2D eigenvalue weighted by molar-refractivity contribution is -0.115. The van der Waals surface area contributed by atoms with Crippen LogP contribution < -0.4 is 5.32 Å². The lowest BCUT2D eigenvalue weighted by Crippen LogP contribution is -2.29. The smallest absolute Gasteiger partial charge is 0.295 e. The Labute approximate surface area is 83.9 Å². The molecule has 0 atom stereocenters. The first-order valence-electron chi connectivity index (χ1n) is 4.61. The van der Waals surface area contributed by atoms with E-state index in [9.17, 15) is 4.79 Å². The Morgan fingerprint density at radius 1 is 1.54 bits per heavy atom. The van der Waals surface area contributed by atoms with E-state index in [4.69, 9.17) is 0 Å². The molecule has 1 aliphatic heterocycles. The monoisotopic (exact) mass is 197 g/mol. The van der Waals surface area contributed by atoms with Crippen LogP contribution in [0.4, 0.5) is 0 Å². The third kappa shape index (κ3) is 4.23. The highest BCUT2D eigenvalue weighted by Crippen LogP contribution is 2.21. The van der Waals surface area contributed by atoms with Crippen LogP contribution in [0.5, 0.6) is 0 Å². The summed E-state index contributed by atoms with van der Waals surface area (Å²) in [7, 11) is 0. The fourth-order valence-electron chi connectivity index (χ4n) is 1.35. The average Bonchev–Trinajstić information content (AvgIpc) is 2.17. The van der Waals surface area contributed by atoms with Gasteiger partial charge in [0.25, 0.3) is 5.91 Å². The van der Waals surface area contributed by atoms with Crippen molar-refractivity contribution in [2.24, 2.45) is 5.92 Å². The van der Waals surface area contributed by atoms with Crippen molar-refractivity contribution in [3.05, 3.63) is 0 Å². The Morgan fingerprint density at radius 3 is 2.85 bits per heavy atom. The highest BCUT2D eigenvalue weighted by molar-refractivity contribution is 7.99. The molecule has 1 saturated heterocycles. The van der Waals surface area contributed by atoms with Gasteiger partial charge >= 0.3 is 0 Å². The summed E-state index contributed by atoms with van der Waals surface area (Å²) in [5.74, 6) is 8.07. The van der Waals surface area contributed by atoms with Gasteiger partial charge in [-0.1, -0.05) is 5.92 Å². The van der Waals surface area contributed by atoms with Crippen molar-refractivity contribution in [2.75, 3.05) is 18.1 Å². The molecule has 0 aromatic carbocycles. The van der Waals surface area contributed by atoms with Gasteiger partial charge < -0.3 is 5.32 Å². The molecule has 0 aromatic rings. The van der Waals surface area contributed by atoms with E-state index in [1.54, 1.807) is 6.92 Å². The van der Waals surface area contributed by atoms with Crippen LogP contribution in [0.1, 0.15) is 19.8 Å². The summed E-state index contributed by atoms with van der Waals surface area (Å²) >= 11 is 2.00. The van der Waals surface area contributed by atoms with Crippen LogP contribution in [0.2, 0.25) is 0 Å². The maximum Gasteiger partial charge on any atom is 0.295 e. The third-order valence-electron chi connectivity index (χ3n) is 2.13. The van der Waals surface area contributed by atoms with E-state index < -0.39 is 0 Å². The Kier molecular flexibility index (Phi) is 4.77. The number of rotatable bonds is 2. The van der Waals surface area contributed by atoms with E-state index in [2.05, 4.69) is 17.2 Å². The highest BCUT2D eigenvalue weighted by atomic mass is 32.2. The molecule has 0 unspecified atom stereocenters. The van der Waals surface area contributed by atoms with E-state index in [0.29, 0.717) is 5.92 Å². The van der Waals surface area contributed by atoms with Crippen molar-refractivity contribution in [2.45, 2.75) is 19.8 Å². The van der Waals surface area contributed by atoms with Crippen molar-refractivity contribution in [3.8, 4) is 11.8 Å². The van der Waals surface area contributed by atoms with Crippen molar-refractivity contribution in [1.29, 1.82) is 0 Å². The molecule has 2 nitrogen and oxygen atoms in total. The third-order valence-corrected chi connectivity index (χ3v) is 3.18. The van der Waals surface area contributed by atoms with Crippen LogP contribution in [-0.4, -0.2) is 24.0 Å². The molecule has 1 heterocycles. The Morgan fingerprint density at radius 2 is 2.23 bits per heavy atom. The zero-order valence-electron chi connectivity index (χ0n) is 7.93. The second-order valence-corrected chi connectivity index (χ2v) is 4.37. The predicted octanol–water partition coefficient (Wildman–Crippen LogP) is 1.27. The highest BCUT2D eigenvalue weighted by Gasteiger charge is 2.13. The van der Waals surface area contributed by atoms with Crippen LogP contribution in [0.15, 0.2) is 0 Å². The molecule has 1 fully saturated rings. The van der Waals surface area contributed by atoms with Gasteiger partial charge in [0.1, 0.15) is 0 Å². The quantitative estimate of drug-likeness (QED) is 0.675. The van der Waals surface area contributed by atoms with Crippen LogP contribution in [0.25, 0.3) is 0 Å². The van der Waals surface area contributed by atoms with Crippen LogP contribution >= 0.6 is 11.8 Å². The molecular weight excluding hydrogens is 182 g/mol. The Bertz CT molecular complexity index is 223. The molecule has 1 amide bonds. The molecule has 0 spiro atoms. The van der Waals surface area contributed by atoms with E-state index in [0.717, 1.165) is 6.54 Å². The summed E-state index contributed by atoms with van der Waals surface area (Å²) in [4.78, 5) is 11.0. The number of amides is 1. The first kappa shape index (κ1) is 10.5.